The van der Waals surface area contributed by atoms with Crippen molar-refractivity contribution in [3.05, 3.63) is 0 Å². The SMILES string of the molecule is CC(C)(C)OC(=O)NCCCOCCOCCOCCCN(CCC#N)CCC#N. The van der Waals surface area contributed by atoms with E-state index in [1.165, 1.54) is 0 Å². The van der Waals surface area contributed by atoms with Crippen LogP contribution in [0.5, 0.6) is 0 Å². The van der Waals surface area contributed by atoms with Crippen molar-refractivity contribution in [2.75, 3.05) is 65.8 Å². The molecule has 0 saturated carbocycles. The zero-order valence-electron chi connectivity index (χ0n) is 18.8. The Morgan fingerprint density at radius 1 is 0.833 bits per heavy atom. The highest BCUT2D eigenvalue weighted by Gasteiger charge is 2.15. The lowest BCUT2D eigenvalue weighted by atomic mass is 10.2. The van der Waals surface area contributed by atoms with Crippen molar-refractivity contribution in [2.45, 2.75) is 52.1 Å². The molecule has 9 nitrogen and oxygen atoms in total. The molecule has 1 N–H and O–H groups in total. The van der Waals surface area contributed by atoms with E-state index in [0.29, 0.717) is 78.5 Å². The number of alkyl carbamates (subject to hydrolysis) is 1. The Morgan fingerprint density at radius 2 is 1.33 bits per heavy atom. The first-order valence-electron chi connectivity index (χ1n) is 10.6. The Kier molecular flexibility index (Phi) is 17.9. The Bertz CT molecular complexity index is 493. The van der Waals surface area contributed by atoms with Crippen LogP contribution in [0.25, 0.3) is 0 Å². The van der Waals surface area contributed by atoms with Crippen LogP contribution in [0.4, 0.5) is 4.79 Å². The Hall–Kier alpha value is -1.91. The van der Waals surface area contributed by atoms with Crippen LogP contribution in [-0.2, 0) is 18.9 Å². The molecule has 0 atom stereocenters. The lowest BCUT2D eigenvalue weighted by Gasteiger charge is -2.19. The van der Waals surface area contributed by atoms with Crippen molar-refractivity contribution in [1.29, 1.82) is 10.5 Å². The van der Waals surface area contributed by atoms with Gasteiger partial charge in [0.15, 0.2) is 0 Å². The molecule has 1 amide bonds. The van der Waals surface area contributed by atoms with Crippen LogP contribution in [0.1, 0.15) is 46.5 Å². The van der Waals surface area contributed by atoms with Gasteiger partial charge < -0.3 is 29.2 Å². The quantitative estimate of drug-likeness (QED) is 0.332. The number of amides is 1. The van der Waals surface area contributed by atoms with Gasteiger partial charge in [-0.3, -0.25) is 0 Å². The van der Waals surface area contributed by atoms with Crippen molar-refractivity contribution in [3.63, 3.8) is 0 Å². The predicted octanol–water partition coefficient (Wildman–Crippen LogP) is 2.47. The summed E-state index contributed by atoms with van der Waals surface area (Å²) in [4.78, 5) is 13.6. The van der Waals surface area contributed by atoms with E-state index in [4.69, 9.17) is 29.5 Å². The molecule has 0 bridgehead atoms. The first-order valence-corrected chi connectivity index (χ1v) is 10.6. The summed E-state index contributed by atoms with van der Waals surface area (Å²) in [7, 11) is 0. The van der Waals surface area contributed by atoms with E-state index in [1.807, 2.05) is 20.8 Å². The third-order valence-electron chi connectivity index (χ3n) is 3.72. The topological polar surface area (TPSA) is 117 Å². The fourth-order valence-electron chi connectivity index (χ4n) is 2.36. The number of nitrogens with one attached hydrogen (secondary N) is 1. The smallest absolute Gasteiger partial charge is 0.407 e. The number of hydrogen-bond donors (Lipinski definition) is 1. The highest BCUT2D eigenvalue weighted by Crippen LogP contribution is 2.06. The predicted molar refractivity (Wildman–Crippen MR) is 113 cm³/mol. The molecule has 172 valence electrons. The van der Waals surface area contributed by atoms with Crippen molar-refractivity contribution < 1.29 is 23.7 Å². The average Bonchev–Trinajstić information content (AvgIpc) is 2.68. The molecule has 0 spiro atoms. The van der Waals surface area contributed by atoms with E-state index in [1.54, 1.807) is 0 Å². The second kappa shape index (κ2) is 19.1. The van der Waals surface area contributed by atoms with Gasteiger partial charge in [-0.2, -0.15) is 10.5 Å². The first-order chi connectivity index (χ1) is 14.4. The Balaban J connectivity index is 3.39. The highest BCUT2D eigenvalue weighted by atomic mass is 16.6. The molecule has 0 unspecified atom stereocenters. The van der Waals surface area contributed by atoms with E-state index in [-0.39, 0.29) is 0 Å². The van der Waals surface area contributed by atoms with Crippen LogP contribution in [0.3, 0.4) is 0 Å². The van der Waals surface area contributed by atoms with E-state index in [9.17, 15) is 4.79 Å². The standard InChI is InChI=1S/C21H38N4O5/c1-21(2,3)30-20(26)24-10-6-14-27-16-18-29-19-17-28-15-7-13-25(11-4-8-22)12-5-9-23/h4-7,10-19H2,1-3H3,(H,24,26). The molecule has 0 heterocycles. The lowest BCUT2D eigenvalue weighted by molar-refractivity contribution is 0.0125. The highest BCUT2D eigenvalue weighted by molar-refractivity contribution is 5.67. The second-order valence-electron chi connectivity index (χ2n) is 7.63. The van der Waals surface area contributed by atoms with Crippen LogP contribution in [0, 0.1) is 22.7 Å². The maximum Gasteiger partial charge on any atom is 0.407 e. The summed E-state index contributed by atoms with van der Waals surface area (Å²) in [5.41, 5.74) is -0.488. The zero-order chi connectivity index (χ0) is 22.5. The van der Waals surface area contributed by atoms with Crippen molar-refractivity contribution >= 4 is 6.09 Å². The van der Waals surface area contributed by atoms with Gasteiger partial charge in [0, 0.05) is 52.2 Å². The summed E-state index contributed by atoms with van der Waals surface area (Å²) in [6.45, 7) is 11.4. The van der Waals surface area contributed by atoms with Crippen molar-refractivity contribution in [1.82, 2.24) is 10.2 Å². The zero-order valence-corrected chi connectivity index (χ0v) is 18.8. The van der Waals surface area contributed by atoms with Gasteiger partial charge in [-0.25, -0.2) is 4.79 Å². The molecular weight excluding hydrogens is 388 g/mol. The summed E-state index contributed by atoms with van der Waals surface area (Å²) in [5, 5.41) is 20.0. The largest absolute Gasteiger partial charge is 0.444 e. The summed E-state index contributed by atoms with van der Waals surface area (Å²) < 4.78 is 21.6. The molecule has 0 aliphatic carbocycles. The lowest BCUT2D eigenvalue weighted by Crippen LogP contribution is -2.33. The van der Waals surface area contributed by atoms with Crippen LogP contribution in [0.15, 0.2) is 0 Å². The van der Waals surface area contributed by atoms with Gasteiger partial charge in [-0.15, -0.1) is 0 Å². The first kappa shape index (κ1) is 28.1. The number of ether oxygens (including phenoxy) is 4. The van der Waals surface area contributed by atoms with Gasteiger partial charge in [0.1, 0.15) is 5.60 Å². The van der Waals surface area contributed by atoms with Gasteiger partial charge in [0.2, 0.25) is 0 Å². The molecule has 0 aromatic carbocycles. The number of carbonyl (C=O) groups is 1. The third kappa shape index (κ3) is 20.8. The summed E-state index contributed by atoms with van der Waals surface area (Å²) in [5.74, 6) is 0. The monoisotopic (exact) mass is 426 g/mol. The molecule has 0 aliphatic rings. The second-order valence-corrected chi connectivity index (χ2v) is 7.63. The number of hydrogen-bond acceptors (Lipinski definition) is 8. The maximum atomic E-state index is 11.4. The van der Waals surface area contributed by atoms with Gasteiger partial charge in [0.05, 0.1) is 38.6 Å². The molecule has 0 aromatic heterocycles. The molecule has 0 aromatic rings. The van der Waals surface area contributed by atoms with E-state index < -0.39 is 11.7 Å². The van der Waals surface area contributed by atoms with Crippen LogP contribution >= 0.6 is 0 Å². The Labute approximate surface area is 181 Å². The molecule has 0 rings (SSSR count). The summed E-state index contributed by atoms with van der Waals surface area (Å²) >= 11 is 0. The van der Waals surface area contributed by atoms with Crippen molar-refractivity contribution in [3.8, 4) is 12.1 Å². The number of nitriles is 2. The van der Waals surface area contributed by atoms with Gasteiger partial charge >= 0.3 is 6.09 Å². The van der Waals surface area contributed by atoms with Gasteiger partial charge in [-0.05, 0) is 33.6 Å². The summed E-state index contributed by atoms with van der Waals surface area (Å²) in [6, 6.07) is 4.26. The van der Waals surface area contributed by atoms with E-state index in [2.05, 4.69) is 22.4 Å². The number of carbonyl (C=O) groups excluding carboxylic acids is 1. The molecule has 0 fully saturated rings. The van der Waals surface area contributed by atoms with E-state index >= 15 is 0 Å². The minimum absolute atomic E-state index is 0.414. The minimum Gasteiger partial charge on any atom is -0.444 e. The fraction of sp³-hybridized carbons (Fsp3) is 0.857. The Morgan fingerprint density at radius 3 is 1.83 bits per heavy atom. The van der Waals surface area contributed by atoms with Crippen LogP contribution in [0.2, 0.25) is 0 Å². The number of nitrogens with zero attached hydrogens (tertiary/aromatic N) is 3. The molecule has 0 saturated heterocycles. The normalized spacial score (nSPS) is 11.1. The fourth-order valence-corrected chi connectivity index (χ4v) is 2.36. The molecule has 30 heavy (non-hydrogen) atoms. The van der Waals surface area contributed by atoms with E-state index in [0.717, 1.165) is 13.0 Å². The van der Waals surface area contributed by atoms with Gasteiger partial charge in [0.25, 0.3) is 0 Å². The summed E-state index contributed by atoms with van der Waals surface area (Å²) in [6.07, 6.45) is 2.10. The maximum absolute atomic E-state index is 11.4. The average molecular weight is 427 g/mol. The molecule has 0 aliphatic heterocycles. The molecule has 9 heteroatoms. The number of rotatable bonds is 18. The minimum atomic E-state index is -0.488. The molecule has 0 radical (unpaired) electrons. The van der Waals surface area contributed by atoms with Crippen molar-refractivity contribution in [2.24, 2.45) is 0 Å². The van der Waals surface area contributed by atoms with Crippen LogP contribution in [-0.4, -0.2) is 82.4 Å². The van der Waals surface area contributed by atoms with Gasteiger partial charge in [-0.1, -0.05) is 0 Å². The van der Waals surface area contributed by atoms with Crippen LogP contribution < -0.4 is 5.32 Å². The third-order valence-corrected chi connectivity index (χ3v) is 3.72. The molecular formula is C21H38N4O5.